The SMILES string of the molecule is Cn1nc(O[C@H](c2cccc(OCC(F)(F)F)c2)C(F)F)c2cc(-c3cnc(OC(C)(C)C)nc3OC(C)(C)C)nnc21. The first-order valence-corrected chi connectivity index (χ1v) is 13.1. The maximum atomic E-state index is 14.2. The predicted octanol–water partition coefficient (Wildman–Crippen LogP) is 6.50. The Morgan fingerprint density at radius 2 is 1.60 bits per heavy atom. The lowest BCUT2D eigenvalue weighted by Crippen LogP contribution is -2.26. The standard InChI is InChI=1S/C28H31F5N6O4/c1-26(2,3)42-23-18(13-34-25(35-23)43-27(4,5)6)19-12-17-22(37-36-19)39(7)38-24(17)41-20(21(29)30)15-9-8-10-16(11-15)40-14-28(31,32)33/h8-13,20-21H,14H2,1-7H3/t20-/m1/s1. The van der Waals surface area contributed by atoms with Crippen molar-refractivity contribution < 1.29 is 40.9 Å². The molecule has 4 rings (SSSR count). The number of hydrogen-bond acceptors (Lipinski definition) is 9. The zero-order valence-electron chi connectivity index (χ0n) is 24.5. The number of aryl methyl sites for hydroxylation is 1. The van der Waals surface area contributed by atoms with E-state index in [4.69, 9.17) is 18.9 Å². The van der Waals surface area contributed by atoms with Crippen LogP contribution in [0.5, 0.6) is 23.5 Å². The van der Waals surface area contributed by atoms with Gasteiger partial charge in [0.25, 0.3) is 6.43 Å². The fourth-order valence-electron chi connectivity index (χ4n) is 3.79. The van der Waals surface area contributed by atoms with Crippen molar-refractivity contribution in [3.05, 3.63) is 42.1 Å². The molecule has 15 heteroatoms. The molecule has 43 heavy (non-hydrogen) atoms. The molecule has 0 amide bonds. The lowest BCUT2D eigenvalue weighted by molar-refractivity contribution is -0.153. The van der Waals surface area contributed by atoms with Gasteiger partial charge in [-0.25, -0.2) is 18.4 Å². The number of nitrogens with zero attached hydrogens (tertiary/aromatic N) is 6. The van der Waals surface area contributed by atoms with Crippen LogP contribution in [0.25, 0.3) is 22.3 Å². The summed E-state index contributed by atoms with van der Waals surface area (Å²) in [6.07, 6.45) is -8.10. The molecule has 0 aliphatic heterocycles. The van der Waals surface area contributed by atoms with Gasteiger partial charge in [0, 0.05) is 18.8 Å². The molecular formula is C28H31F5N6O4. The molecule has 3 heterocycles. The van der Waals surface area contributed by atoms with Gasteiger partial charge in [0.05, 0.1) is 10.9 Å². The highest BCUT2D eigenvalue weighted by Gasteiger charge is 2.31. The molecule has 1 aromatic carbocycles. The van der Waals surface area contributed by atoms with Gasteiger partial charge >= 0.3 is 12.2 Å². The zero-order valence-corrected chi connectivity index (χ0v) is 24.5. The molecule has 0 spiro atoms. The van der Waals surface area contributed by atoms with Crippen LogP contribution in [0.15, 0.2) is 36.5 Å². The van der Waals surface area contributed by atoms with Crippen LogP contribution in [-0.4, -0.2) is 60.4 Å². The highest BCUT2D eigenvalue weighted by atomic mass is 19.4. The molecule has 0 radical (unpaired) electrons. The largest absolute Gasteiger partial charge is 0.484 e. The Labute approximate surface area is 244 Å². The molecule has 4 aromatic rings. The summed E-state index contributed by atoms with van der Waals surface area (Å²) in [5.41, 5.74) is -0.541. The summed E-state index contributed by atoms with van der Waals surface area (Å²) < 4.78 is 89.8. The second-order valence-corrected chi connectivity index (χ2v) is 11.5. The molecule has 3 aromatic heterocycles. The van der Waals surface area contributed by atoms with Crippen molar-refractivity contribution in [1.82, 2.24) is 29.9 Å². The Morgan fingerprint density at radius 1 is 0.907 bits per heavy atom. The first-order chi connectivity index (χ1) is 19.9. The van der Waals surface area contributed by atoms with Gasteiger partial charge in [-0.05, 0) is 59.7 Å². The third-order valence-corrected chi connectivity index (χ3v) is 5.42. The van der Waals surface area contributed by atoms with E-state index in [1.54, 1.807) is 0 Å². The molecule has 0 unspecified atom stereocenters. The Kier molecular flexibility index (Phi) is 8.65. The quantitative estimate of drug-likeness (QED) is 0.196. The lowest BCUT2D eigenvalue weighted by atomic mass is 10.1. The summed E-state index contributed by atoms with van der Waals surface area (Å²) >= 11 is 0. The number of ether oxygens (including phenoxy) is 4. The molecule has 0 N–H and O–H groups in total. The number of fused-ring (bicyclic) bond motifs is 1. The van der Waals surface area contributed by atoms with E-state index in [1.165, 1.54) is 42.2 Å². The summed E-state index contributed by atoms with van der Waals surface area (Å²) in [4.78, 5) is 8.69. The monoisotopic (exact) mass is 610 g/mol. The lowest BCUT2D eigenvalue weighted by Gasteiger charge is -2.24. The summed E-state index contributed by atoms with van der Waals surface area (Å²) in [7, 11) is 1.53. The van der Waals surface area contributed by atoms with Crippen LogP contribution in [0, 0.1) is 0 Å². The van der Waals surface area contributed by atoms with E-state index < -0.39 is 36.5 Å². The van der Waals surface area contributed by atoms with E-state index in [2.05, 4.69) is 25.3 Å². The topological polar surface area (TPSA) is 106 Å². The van der Waals surface area contributed by atoms with Crippen molar-refractivity contribution in [2.75, 3.05) is 6.61 Å². The maximum absolute atomic E-state index is 14.2. The normalized spacial score (nSPS) is 13.3. The molecule has 0 saturated carbocycles. The van der Waals surface area contributed by atoms with Crippen LogP contribution < -0.4 is 18.9 Å². The first kappa shape index (κ1) is 31.6. The van der Waals surface area contributed by atoms with Gasteiger partial charge < -0.3 is 18.9 Å². The minimum atomic E-state index is -4.59. The molecule has 0 fully saturated rings. The number of hydrogen-bond donors (Lipinski definition) is 0. The van der Waals surface area contributed by atoms with E-state index in [-0.39, 0.29) is 45.8 Å². The number of rotatable bonds is 9. The van der Waals surface area contributed by atoms with Gasteiger partial charge in [0.2, 0.25) is 11.8 Å². The summed E-state index contributed by atoms with van der Waals surface area (Å²) in [6.45, 7) is 9.45. The molecule has 0 aliphatic carbocycles. The summed E-state index contributed by atoms with van der Waals surface area (Å²) in [6, 6.07) is 6.48. The van der Waals surface area contributed by atoms with Crippen LogP contribution in [0.2, 0.25) is 0 Å². The highest BCUT2D eigenvalue weighted by Crippen LogP contribution is 2.36. The van der Waals surface area contributed by atoms with E-state index in [0.717, 1.165) is 6.07 Å². The molecule has 232 valence electrons. The summed E-state index contributed by atoms with van der Waals surface area (Å²) in [5, 5.41) is 12.9. The second kappa shape index (κ2) is 11.8. The number of benzene rings is 1. The van der Waals surface area contributed by atoms with Crippen molar-refractivity contribution in [2.24, 2.45) is 7.05 Å². The Morgan fingerprint density at radius 3 is 2.23 bits per heavy atom. The average Bonchev–Trinajstić information content (AvgIpc) is 3.18. The van der Waals surface area contributed by atoms with E-state index in [9.17, 15) is 22.0 Å². The third kappa shape index (κ3) is 8.38. The van der Waals surface area contributed by atoms with Gasteiger partial charge in [0.15, 0.2) is 18.4 Å². The third-order valence-electron chi connectivity index (χ3n) is 5.42. The molecule has 0 bridgehead atoms. The molecule has 0 aliphatic rings. The minimum absolute atomic E-state index is 0.0798. The van der Waals surface area contributed by atoms with Gasteiger partial charge in [-0.15, -0.1) is 15.3 Å². The Bertz CT molecular complexity index is 1580. The first-order valence-electron chi connectivity index (χ1n) is 13.1. The van der Waals surface area contributed by atoms with Crippen molar-refractivity contribution in [1.29, 1.82) is 0 Å². The zero-order chi connectivity index (χ0) is 31.7. The second-order valence-electron chi connectivity index (χ2n) is 11.5. The highest BCUT2D eigenvalue weighted by molar-refractivity contribution is 5.85. The number of aromatic nitrogens is 6. The summed E-state index contributed by atoms with van der Waals surface area (Å²) in [5.74, 6) is -0.288. The van der Waals surface area contributed by atoms with Gasteiger partial charge in [-0.2, -0.15) is 18.2 Å². The van der Waals surface area contributed by atoms with E-state index in [0.29, 0.717) is 5.56 Å². The van der Waals surface area contributed by atoms with E-state index >= 15 is 0 Å². The predicted molar refractivity (Wildman–Crippen MR) is 145 cm³/mol. The number of alkyl halides is 5. The van der Waals surface area contributed by atoms with Gasteiger partial charge in [-0.3, -0.25) is 0 Å². The van der Waals surface area contributed by atoms with Crippen LogP contribution in [0.1, 0.15) is 53.2 Å². The molecule has 10 nitrogen and oxygen atoms in total. The fraction of sp³-hybridized carbons (Fsp3) is 0.464. The maximum Gasteiger partial charge on any atom is 0.422 e. The van der Waals surface area contributed by atoms with Gasteiger partial charge in [0.1, 0.15) is 22.6 Å². The Hall–Kier alpha value is -4.30. The molecular weight excluding hydrogens is 579 g/mol. The number of halogens is 5. The van der Waals surface area contributed by atoms with Crippen molar-refractivity contribution in [3.8, 4) is 34.8 Å². The average molecular weight is 611 g/mol. The van der Waals surface area contributed by atoms with Crippen LogP contribution in [0.4, 0.5) is 22.0 Å². The molecule has 1 atom stereocenters. The van der Waals surface area contributed by atoms with Crippen LogP contribution in [-0.2, 0) is 7.05 Å². The van der Waals surface area contributed by atoms with Crippen molar-refractivity contribution in [2.45, 2.75) is 71.5 Å². The van der Waals surface area contributed by atoms with Crippen molar-refractivity contribution >= 4 is 11.0 Å². The molecule has 0 saturated heterocycles. The van der Waals surface area contributed by atoms with E-state index in [1.807, 2.05) is 41.5 Å². The Balaban J connectivity index is 1.73. The minimum Gasteiger partial charge on any atom is -0.484 e. The van der Waals surface area contributed by atoms with Crippen LogP contribution >= 0.6 is 0 Å². The van der Waals surface area contributed by atoms with Gasteiger partial charge in [-0.1, -0.05) is 12.1 Å². The smallest absolute Gasteiger partial charge is 0.422 e. The van der Waals surface area contributed by atoms with Crippen molar-refractivity contribution in [3.63, 3.8) is 0 Å². The fourth-order valence-corrected chi connectivity index (χ4v) is 3.79. The van der Waals surface area contributed by atoms with Crippen LogP contribution in [0.3, 0.4) is 0 Å².